The molecule has 0 fully saturated rings. The molecule has 1 aromatic carbocycles. The Hall–Kier alpha value is -2.55. The lowest BCUT2D eigenvalue weighted by molar-refractivity contribution is -0.137. The van der Waals surface area contributed by atoms with Crippen molar-refractivity contribution in [2.24, 2.45) is 5.16 Å². The van der Waals surface area contributed by atoms with E-state index in [2.05, 4.69) is 10.3 Å². The number of nitrogens with zero attached hydrogens (tertiary/aromatic N) is 4. The number of hydrogen-bond acceptors (Lipinski definition) is 4. The van der Waals surface area contributed by atoms with Gasteiger partial charge in [-0.25, -0.2) is 0 Å². The molecule has 1 aliphatic rings. The van der Waals surface area contributed by atoms with Gasteiger partial charge < -0.3 is 10.1 Å². The molecule has 1 N–H and O–H groups in total. The van der Waals surface area contributed by atoms with E-state index in [1.165, 1.54) is 27.9 Å². The smallest absolute Gasteiger partial charge is 0.410 e. The zero-order valence-corrected chi connectivity index (χ0v) is 13.6. The average Bonchev–Trinajstić information content (AvgIpc) is 3.02. The van der Waals surface area contributed by atoms with Gasteiger partial charge in [-0.2, -0.15) is 18.3 Å². The number of hydrogen-bond donors (Lipinski definition) is 1. The highest BCUT2D eigenvalue weighted by molar-refractivity contribution is 6.70. The number of aromatic nitrogens is 2. The molecule has 1 amide bonds. The number of benzene rings is 1. The van der Waals surface area contributed by atoms with Crippen molar-refractivity contribution >= 4 is 28.4 Å². The number of carbonyl (C=O) groups excluding carboxylic acids is 1. The third-order valence-corrected chi connectivity index (χ3v) is 4.20. The van der Waals surface area contributed by atoms with Crippen LogP contribution in [0.1, 0.15) is 34.6 Å². The maximum absolute atomic E-state index is 12.8. The fourth-order valence-corrected chi connectivity index (χ4v) is 2.86. The SMILES string of the molecule is C[C@H]1CN(c2ccc(C(F)(F)F)cc2)C(=O)c2c(/C(Cl)=N/O)cnn21. The molecular weight excluding hydrogens is 361 g/mol. The standard InChI is InChI=1S/C15H12ClF3N4O2/c1-8-7-22(10-4-2-9(3-5-10)15(17,18)19)14(24)12-11(13(16)21-25)6-20-23(8)12/h2-6,8,25H,7H2,1H3/b21-13-/t8-/m0/s1. The third kappa shape index (κ3) is 2.95. The van der Waals surface area contributed by atoms with E-state index in [-0.39, 0.29) is 29.0 Å². The molecule has 132 valence electrons. The fraction of sp³-hybridized carbons (Fsp3) is 0.267. The summed E-state index contributed by atoms with van der Waals surface area (Å²) in [7, 11) is 0. The Labute approximate surface area is 145 Å². The molecule has 10 heteroatoms. The molecule has 0 bridgehead atoms. The lowest BCUT2D eigenvalue weighted by Crippen LogP contribution is -2.43. The van der Waals surface area contributed by atoms with E-state index < -0.39 is 17.6 Å². The summed E-state index contributed by atoms with van der Waals surface area (Å²) in [5.41, 5.74) is -0.214. The Kier molecular flexibility index (Phi) is 4.19. The molecule has 25 heavy (non-hydrogen) atoms. The summed E-state index contributed by atoms with van der Waals surface area (Å²) in [6.07, 6.45) is -3.14. The topological polar surface area (TPSA) is 70.7 Å². The van der Waals surface area contributed by atoms with Crippen LogP contribution in [-0.2, 0) is 6.18 Å². The summed E-state index contributed by atoms with van der Waals surface area (Å²) in [5.74, 6) is -0.493. The summed E-state index contributed by atoms with van der Waals surface area (Å²) in [6, 6.07) is 4.07. The minimum atomic E-state index is -4.45. The Morgan fingerprint density at radius 1 is 1.36 bits per heavy atom. The minimum Gasteiger partial charge on any atom is -0.410 e. The van der Waals surface area contributed by atoms with Crippen LogP contribution in [0.25, 0.3) is 0 Å². The highest BCUT2D eigenvalue weighted by Crippen LogP contribution is 2.33. The van der Waals surface area contributed by atoms with E-state index in [9.17, 15) is 18.0 Å². The predicted octanol–water partition coefficient (Wildman–Crippen LogP) is 3.50. The second-order valence-corrected chi connectivity index (χ2v) is 5.91. The van der Waals surface area contributed by atoms with Gasteiger partial charge in [0.2, 0.25) is 0 Å². The van der Waals surface area contributed by atoms with Gasteiger partial charge in [0, 0.05) is 12.2 Å². The Morgan fingerprint density at radius 2 is 2.00 bits per heavy atom. The molecule has 0 saturated carbocycles. The van der Waals surface area contributed by atoms with Crippen molar-refractivity contribution in [3.8, 4) is 0 Å². The molecule has 6 nitrogen and oxygen atoms in total. The van der Waals surface area contributed by atoms with Crippen molar-refractivity contribution in [3.63, 3.8) is 0 Å². The van der Waals surface area contributed by atoms with Crippen LogP contribution in [0, 0.1) is 0 Å². The fourth-order valence-electron chi connectivity index (χ4n) is 2.72. The van der Waals surface area contributed by atoms with Gasteiger partial charge in [-0.1, -0.05) is 16.8 Å². The summed E-state index contributed by atoms with van der Waals surface area (Å²) in [6.45, 7) is 2.03. The Balaban J connectivity index is 2.01. The van der Waals surface area contributed by atoms with Gasteiger partial charge in [0.05, 0.1) is 23.4 Å². The molecule has 2 aromatic rings. The molecule has 3 rings (SSSR count). The van der Waals surface area contributed by atoms with Crippen molar-refractivity contribution in [1.82, 2.24) is 9.78 Å². The van der Waals surface area contributed by atoms with E-state index in [4.69, 9.17) is 16.8 Å². The minimum absolute atomic E-state index is 0.112. The van der Waals surface area contributed by atoms with Crippen molar-refractivity contribution in [2.75, 3.05) is 11.4 Å². The maximum atomic E-state index is 12.8. The molecule has 0 unspecified atom stereocenters. The van der Waals surface area contributed by atoms with E-state index in [1.54, 1.807) is 6.92 Å². The lowest BCUT2D eigenvalue weighted by atomic mass is 10.1. The normalized spacial score (nSPS) is 18.4. The highest BCUT2D eigenvalue weighted by atomic mass is 35.5. The predicted molar refractivity (Wildman–Crippen MR) is 84.2 cm³/mol. The van der Waals surface area contributed by atoms with Crippen molar-refractivity contribution in [3.05, 3.63) is 47.3 Å². The summed E-state index contributed by atoms with van der Waals surface area (Å²) >= 11 is 5.80. The Morgan fingerprint density at radius 3 is 2.56 bits per heavy atom. The van der Waals surface area contributed by atoms with Crippen molar-refractivity contribution in [2.45, 2.75) is 19.1 Å². The Bertz CT molecular complexity index is 845. The number of carbonyl (C=O) groups is 1. The number of anilines is 1. The number of amides is 1. The van der Waals surface area contributed by atoms with Gasteiger partial charge in [-0.15, -0.1) is 0 Å². The molecule has 0 aliphatic carbocycles. The van der Waals surface area contributed by atoms with Crippen LogP contribution in [0.15, 0.2) is 35.6 Å². The van der Waals surface area contributed by atoms with E-state index in [1.807, 2.05) is 0 Å². The first-order valence-electron chi connectivity index (χ1n) is 7.18. The van der Waals surface area contributed by atoms with Crippen LogP contribution in [0.4, 0.5) is 18.9 Å². The van der Waals surface area contributed by atoms with E-state index in [0.29, 0.717) is 5.69 Å². The number of alkyl halides is 3. The van der Waals surface area contributed by atoms with Gasteiger partial charge in [0.15, 0.2) is 5.17 Å². The van der Waals surface area contributed by atoms with Crippen LogP contribution in [-0.4, -0.2) is 32.6 Å². The largest absolute Gasteiger partial charge is 0.416 e. The van der Waals surface area contributed by atoms with Crippen molar-refractivity contribution < 1.29 is 23.2 Å². The molecule has 0 spiro atoms. The second kappa shape index (κ2) is 6.07. The zero-order valence-electron chi connectivity index (χ0n) is 12.8. The average molecular weight is 373 g/mol. The van der Waals surface area contributed by atoms with Crippen molar-refractivity contribution in [1.29, 1.82) is 0 Å². The molecule has 0 radical (unpaired) electrons. The van der Waals surface area contributed by atoms with Crippen LogP contribution in [0.2, 0.25) is 0 Å². The van der Waals surface area contributed by atoms with Gasteiger partial charge in [-0.05, 0) is 31.2 Å². The third-order valence-electron chi connectivity index (χ3n) is 3.92. The number of oxime groups is 1. The maximum Gasteiger partial charge on any atom is 0.416 e. The number of rotatable bonds is 2. The summed E-state index contributed by atoms with van der Waals surface area (Å²) < 4.78 is 39.5. The monoisotopic (exact) mass is 372 g/mol. The van der Waals surface area contributed by atoms with Gasteiger partial charge in [0.25, 0.3) is 5.91 Å². The van der Waals surface area contributed by atoms with E-state index >= 15 is 0 Å². The van der Waals surface area contributed by atoms with Gasteiger partial charge >= 0.3 is 6.18 Å². The number of halogens is 4. The zero-order chi connectivity index (χ0) is 18.4. The lowest BCUT2D eigenvalue weighted by Gasteiger charge is -2.32. The van der Waals surface area contributed by atoms with E-state index in [0.717, 1.165) is 12.1 Å². The first kappa shape index (κ1) is 17.3. The molecular formula is C15H12ClF3N4O2. The molecule has 1 aliphatic heterocycles. The second-order valence-electron chi connectivity index (χ2n) is 5.55. The summed E-state index contributed by atoms with van der Waals surface area (Å²) in [5, 5.41) is 15.5. The van der Waals surface area contributed by atoms with Crippen LogP contribution in [0.3, 0.4) is 0 Å². The molecule has 0 saturated heterocycles. The highest BCUT2D eigenvalue weighted by Gasteiger charge is 2.35. The quantitative estimate of drug-likeness (QED) is 0.498. The molecule has 1 atom stereocenters. The van der Waals surface area contributed by atoms with Gasteiger partial charge in [0.1, 0.15) is 5.69 Å². The molecule has 1 aromatic heterocycles. The van der Waals surface area contributed by atoms with Crippen LogP contribution >= 0.6 is 11.6 Å². The van der Waals surface area contributed by atoms with Crippen LogP contribution < -0.4 is 4.90 Å². The van der Waals surface area contributed by atoms with Gasteiger partial charge in [-0.3, -0.25) is 9.48 Å². The number of fused-ring (bicyclic) bond motifs is 1. The van der Waals surface area contributed by atoms with Crippen LogP contribution in [0.5, 0.6) is 0 Å². The summed E-state index contributed by atoms with van der Waals surface area (Å²) in [4.78, 5) is 14.1. The first-order chi connectivity index (χ1) is 11.7. The first-order valence-corrected chi connectivity index (χ1v) is 7.56. The molecule has 2 heterocycles.